The molecule has 2 aromatic rings. The molecule has 2 N–H and O–H groups in total. The van der Waals surface area contributed by atoms with Gasteiger partial charge in [0.2, 0.25) is 5.75 Å². The third-order valence-electron chi connectivity index (χ3n) is 3.02. The van der Waals surface area contributed by atoms with E-state index in [0.717, 1.165) is 0 Å². The highest BCUT2D eigenvalue weighted by Gasteiger charge is 2.19. The van der Waals surface area contributed by atoms with Gasteiger partial charge in [-0.2, -0.15) is 0 Å². The second-order valence-corrected chi connectivity index (χ2v) is 4.53. The lowest BCUT2D eigenvalue weighted by molar-refractivity contribution is -0.385. The number of aliphatic hydroxyl groups excluding tert-OH is 2. The summed E-state index contributed by atoms with van der Waals surface area (Å²) in [5.74, 6) is 0.415. The fourth-order valence-corrected chi connectivity index (χ4v) is 1.88. The molecule has 0 spiro atoms. The van der Waals surface area contributed by atoms with Gasteiger partial charge in [0, 0.05) is 11.6 Å². The summed E-state index contributed by atoms with van der Waals surface area (Å²) in [5, 5.41) is 29.9. The van der Waals surface area contributed by atoms with Gasteiger partial charge in [-0.15, -0.1) is 0 Å². The summed E-state index contributed by atoms with van der Waals surface area (Å²) >= 11 is 0. The van der Waals surface area contributed by atoms with Gasteiger partial charge in [0.15, 0.2) is 0 Å². The zero-order valence-electron chi connectivity index (χ0n) is 11.4. The van der Waals surface area contributed by atoms with E-state index in [0.29, 0.717) is 16.9 Å². The molecule has 0 aliphatic carbocycles. The number of rotatable bonds is 5. The predicted molar refractivity (Wildman–Crippen MR) is 76.2 cm³/mol. The Bertz CT molecular complexity index is 654. The van der Waals surface area contributed by atoms with E-state index in [-0.39, 0.29) is 18.0 Å². The van der Waals surface area contributed by atoms with Crippen LogP contribution in [0.3, 0.4) is 0 Å². The van der Waals surface area contributed by atoms with Gasteiger partial charge < -0.3 is 14.9 Å². The van der Waals surface area contributed by atoms with E-state index in [2.05, 4.69) is 0 Å². The van der Waals surface area contributed by atoms with Crippen LogP contribution in [0.1, 0.15) is 24.2 Å². The Morgan fingerprint density at radius 3 is 2.57 bits per heavy atom. The molecule has 6 heteroatoms. The zero-order valence-corrected chi connectivity index (χ0v) is 11.4. The summed E-state index contributed by atoms with van der Waals surface area (Å²) in [6, 6.07) is 11.0. The summed E-state index contributed by atoms with van der Waals surface area (Å²) in [6.07, 6.45) is -0.803. The second kappa shape index (κ2) is 6.34. The molecule has 0 saturated carbocycles. The van der Waals surface area contributed by atoms with Crippen molar-refractivity contribution in [1.82, 2.24) is 0 Å². The van der Waals surface area contributed by atoms with E-state index in [1.165, 1.54) is 19.1 Å². The van der Waals surface area contributed by atoms with Crippen molar-refractivity contribution in [3.05, 3.63) is 63.7 Å². The first-order valence-corrected chi connectivity index (χ1v) is 6.36. The molecule has 0 heterocycles. The number of nitro benzene ring substituents is 1. The van der Waals surface area contributed by atoms with Crippen molar-refractivity contribution in [2.45, 2.75) is 19.6 Å². The molecule has 2 aromatic carbocycles. The summed E-state index contributed by atoms with van der Waals surface area (Å²) < 4.78 is 5.54. The minimum absolute atomic E-state index is 0.0605. The Morgan fingerprint density at radius 1 is 1.24 bits per heavy atom. The third-order valence-corrected chi connectivity index (χ3v) is 3.02. The Labute approximate surface area is 121 Å². The normalized spacial score (nSPS) is 12.0. The molecule has 0 aromatic heterocycles. The van der Waals surface area contributed by atoms with Crippen LogP contribution in [0, 0.1) is 10.1 Å². The quantitative estimate of drug-likeness (QED) is 0.652. The Kier molecular flexibility index (Phi) is 4.52. The zero-order chi connectivity index (χ0) is 15.4. The van der Waals surface area contributed by atoms with Crippen LogP contribution in [-0.2, 0) is 6.61 Å². The minimum Gasteiger partial charge on any atom is -0.450 e. The average molecular weight is 289 g/mol. The van der Waals surface area contributed by atoms with Crippen LogP contribution in [0.2, 0.25) is 0 Å². The first kappa shape index (κ1) is 15.0. The molecule has 1 atom stereocenters. The molecule has 6 nitrogen and oxygen atoms in total. The van der Waals surface area contributed by atoms with Crippen LogP contribution in [0.15, 0.2) is 42.5 Å². The second-order valence-electron chi connectivity index (χ2n) is 4.53. The molecule has 21 heavy (non-hydrogen) atoms. The van der Waals surface area contributed by atoms with E-state index < -0.39 is 11.0 Å². The number of hydrogen-bond acceptors (Lipinski definition) is 5. The fourth-order valence-electron chi connectivity index (χ4n) is 1.88. The van der Waals surface area contributed by atoms with E-state index in [4.69, 9.17) is 4.74 Å². The van der Waals surface area contributed by atoms with Gasteiger partial charge in [-0.05, 0) is 24.6 Å². The minimum atomic E-state index is -0.803. The van der Waals surface area contributed by atoms with Crippen molar-refractivity contribution in [2.75, 3.05) is 0 Å². The average Bonchev–Trinajstić information content (AvgIpc) is 2.47. The monoisotopic (exact) mass is 289 g/mol. The maximum atomic E-state index is 11.1. The van der Waals surface area contributed by atoms with Crippen molar-refractivity contribution in [2.24, 2.45) is 0 Å². The van der Waals surface area contributed by atoms with Gasteiger partial charge in [-0.25, -0.2) is 0 Å². The topological polar surface area (TPSA) is 92.8 Å². The maximum absolute atomic E-state index is 11.1. The number of nitro groups is 1. The highest BCUT2D eigenvalue weighted by atomic mass is 16.6. The summed E-state index contributed by atoms with van der Waals surface area (Å²) in [7, 11) is 0. The van der Waals surface area contributed by atoms with Gasteiger partial charge in [-0.1, -0.05) is 24.3 Å². The first-order chi connectivity index (χ1) is 10.0. The lowest BCUT2D eigenvalue weighted by atomic mass is 10.1. The van der Waals surface area contributed by atoms with Crippen molar-refractivity contribution in [1.29, 1.82) is 0 Å². The number of aliphatic hydroxyl groups is 2. The Morgan fingerprint density at radius 2 is 1.95 bits per heavy atom. The van der Waals surface area contributed by atoms with E-state index in [1.807, 2.05) is 0 Å². The largest absolute Gasteiger partial charge is 0.450 e. The SMILES string of the molecule is C[C@@H](O)c1ccc(Oc2ccccc2CO)c([N+](=O)[O-])c1. The van der Waals surface area contributed by atoms with Gasteiger partial charge in [0.25, 0.3) is 0 Å². The van der Waals surface area contributed by atoms with Gasteiger partial charge in [0.1, 0.15) is 5.75 Å². The first-order valence-electron chi connectivity index (χ1n) is 6.36. The Balaban J connectivity index is 2.42. The highest BCUT2D eigenvalue weighted by molar-refractivity contribution is 5.51. The lowest BCUT2D eigenvalue weighted by Gasteiger charge is -2.11. The fraction of sp³-hybridized carbons (Fsp3) is 0.200. The van der Waals surface area contributed by atoms with E-state index in [9.17, 15) is 20.3 Å². The maximum Gasteiger partial charge on any atom is 0.311 e. The van der Waals surface area contributed by atoms with Crippen LogP contribution >= 0.6 is 0 Å². The molecule has 0 radical (unpaired) electrons. The number of para-hydroxylation sites is 1. The molecule has 2 rings (SSSR count). The van der Waals surface area contributed by atoms with Crippen LogP contribution in [0.25, 0.3) is 0 Å². The van der Waals surface area contributed by atoms with Crippen LogP contribution in [0.4, 0.5) is 5.69 Å². The highest BCUT2D eigenvalue weighted by Crippen LogP contribution is 2.34. The number of hydrogen-bond donors (Lipinski definition) is 2. The van der Waals surface area contributed by atoms with Crippen LogP contribution < -0.4 is 4.74 Å². The predicted octanol–water partition coefficient (Wildman–Crippen LogP) is 2.93. The molecule has 0 saturated heterocycles. The standard InChI is InChI=1S/C15H15NO5/c1-10(18)11-6-7-15(13(8-11)16(19)20)21-14-5-3-2-4-12(14)9-17/h2-8,10,17-18H,9H2,1H3/t10-/m1/s1. The van der Waals surface area contributed by atoms with Crippen molar-refractivity contribution in [3.63, 3.8) is 0 Å². The van der Waals surface area contributed by atoms with Crippen molar-refractivity contribution >= 4 is 5.69 Å². The molecular formula is C15H15NO5. The van der Waals surface area contributed by atoms with Crippen LogP contribution in [0.5, 0.6) is 11.5 Å². The van der Waals surface area contributed by atoms with Gasteiger partial charge in [0.05, 0.1) is 17.6 Å². The van der Waals surface area contributed by atoms with Gasteiger partial charge in [-0.3, -0.25) is 10.1 Å². The molecule has 0 aliphatic rings. The van der Waals surface area contributed by atoms with Crippen molar-refractivity contribution < 1.29 is 19.9 Å². The molecule has 0 unspecified atom stereocenters. The van der Waals surface area contributed by atoms with E-state index in [1.54, 1.807) is 30.3 Å². The number of benzene rings is 2. The van der Waals surface area contributed by atoms with Gasteiger partial charge >= 0.3 is 5.69 Å². The summed E-state index contributed by atoms with van der Waals surface area (Å²) in [5.41, 5.74) is 0.733. The summed E-state index contributed by atoms with van der Waals surface area (Å²) in [4.78, 5) is 10.6. The molecule has 0 bridgehead atoms. The third kappa shape index (κ3) is 3.36. The molecule has 0 fully saturated rings. The number of nitrogens with zero attached hydrogens (tertiary/aromatic N) is 1. The molecular weight excluding hydrogens is 274 g/mol. The molecule has 0 aliphatic heterocycles. The Hall–Kier alpha value is -2.44. The molecule has 0 amide bonds. The van der Waals surface area contributed by atoms with E-state index >= 15 is 0 Å². The van der Waals surface area contributed by atoms with Crippen molar-refractivity contribution in [3.8, 4) is 11.5 Å². The summed E-state index contributed by atoms with van der Waals surface area (Å²) in [6.45, 7) is 1.30. The van der Waals surface area contributed by atoms with Crippen LogP contribution in [-0.4, -0.2) is 15.1 Å². The smallest absolute Gasteiger partial charge is 0.311 e. The molecule has 110 valence electrons. The lowest BCUT2D eigenvalue weighted by Crippen LogP contribution is -1.98. The number of ether oxygens (including phenoxy) is 1.